The van der Waals surface area contributed by atoms with Crippen LogP contribution in [-0.4, -0.2) is 42.9 Å². The number of rotatable bonds is 8. The van der Waals surface area contributed by atoms with Crippen LogP contribution in [0.3, 0.4) is 0 Å². The average molecular weight is 472 g/mol. The van der Waals surface area contributed by atoms with Crippen LogP contribution < -0.4 is 4.74 Å². The van der Waals surface area contributed by atoms with Crippen molar-refractivity contribution < 1.29 is 17.9 Å². The van der Waals surface area contributed by atoms with E-state index in [4.69, 9.17) is 4.74 Å². The fourth-order valence-electron chi connectivity index (χ4n) is 4.31. The lowest BCUT2D eigenvalue weighted by atomic mass is 10.0. The summed E-state index contributed by atoms with van der Waals surface area (Å²) in [5.74, 6) is 1.36. The first kappa shape index (κ1) is 25.3. The van der Waals surface area contributed by atoms with Gasteiger partial charge in [-0.25, -0.2) is 8.42 Å². The van der Waals surface area contributed by atoms with Crippen LogP contribution in [0.4, 0.5) is 0 Å². The SMILES string of the molecule is Cc1ccc(C(C)C)c(O[C@H](C)C(=O)N(Cc2ccc(C(C)C)cc2)[C@H]2CCS(=O)(=O)C2)c1. The minimum atomic E-state index is -3.13. The summed E-state index contributed by atoms with van der Waals surface area (Å²) in [7, 11) is -3.13. The van der Waals surface area contributed by atoms with Gasteiger partial charge in [-0.3, -0.25) is 4.79 Å². The molecule has 0 saturated carbocycles. The monoisotopic (exact) mass is 471 g/mol. The lowest BCUT2D eigenvalue weighted by molar-refractivity contribution is -0.140. The van der Waals surface area contributed by atoms with Crippen LogP contribution in [-0.2, 0) is 21.2 Å². The highest BCUT2D eigenvalue weighted by molar-refractivity contribution is 7.91. The Labute approximate surface area is 199 Å². The molecular formula is C27H37NO4S. The first-order chi connectivity index (χ1) is 15.5. The van der Waals surface area contributed by atoms with Gasteiger partial charge in [-0.1, -0.05) is 64.1 Å². The maximum absolute atomic E-state index is 13.6. The van der Waals surface area contributed by atoms with E-state index in [9.17, 15) is 13.2 Å². The zero-order chi connectivity index (χ0) is 24.3. The third kappa shape index (κ3) is 6.38. The van der Waals surface area contributed by atoms with Crippen molar-refractivity contribution in [2.75, 3.05) is 11.5 Å². The first-order valence-corrected chi connectivity index (χ1v) is 13.7. The van der Waals surface area contributed by atoms with Crippen LogP contribution in [0.5, 0.6) is 5.75 Å². The summed E-state index contributed by atoms with van der Waals surface area (Å²) < 4.78 is 30.6. The highest BCUT2D eigenvalue weighted by Gasteiger charge is 2.36. The summed E-state index contributed by atoms with van der Waals surface area (Å²) in [6.45, 7) is 12.6. The van der Waals surface area contributed by atoms with Crippen molar-refractivity contribution in [3.63, 3.8) is 0 Å². The maximum Gasteiger partial charge on any atom is 0.263 e. The number of carbonyl (C=O) groups is 1. The average Bonchev–Trinajstić information content (AvgIpc) is 3.11. The van der Waals surface area contributed by atoms with E-state index in [1.54, 1.807) is 11.8 Å². The third-order valence-electron chi connectivity index (χ3n) is 6.37. The van der Waals surface area contributed by atoms with Crippen LogP contribution >= 0.6 is 0 Å². The number of hydrogen-bond acceptors (Lipinski definition) is 4. The van der Waals surface area contributed by atoms with Gasteiger partial charge in [0.25, 0.3) is 5.91 Å². The molecular weight excluding hydrogens is 434 g/mol. The van der Waals surface area contributed by atoms with Gasteiger partial charge >= 0.3 is 0 Å². The molecule has 2 aromatic rings. The number of aryl methyl sites for hydroxylation is 1. The predicted molar refractivity (Wildman–Crippen MR) is 133 cm³/mol. The molecule has 0 spiro atoms. The number of amides is 1. The van der Waals surface area contributed by atoms with E-state index in [-0.39, 0.29) is 29.4 Å². The molecule has 1 saturated heterocycles. The van der Waals surface area contributed by atoms with Crippen molar-refractivity contribution in [1.82, 2.24) is 4.90 Å². The van der Waals surface area contributed by atoms with Gasteiger partial charge in [0.2, 0.25) is 0 Å². The molecule has 1 amide bonds. The number of nitrogens with zero attached hydrogens (tertiary/aromatic N) is 1. The fraction of sp³-hybridized carbons (Fsp3) is 0.519. The van der Waals surface area contributed by atoms with Crippen molar-refractivity contribution in [2.45, 2.75) is 78.5 Å². The Morgan fingerprint density at radius 1 is 1.03 bits per heavy atom. The molecule has 1 fully saturated rings. The Balaban J connectivity index is 1.85. The van der Waals surface area contributed by atoms with Crippen LogP contribution in [0, 0.1) is 6.92 Å². The van der Waals surface area contributed by atoms with Crippen LogP contribution in [0.2, 0.25) is 0 Å². The first-order valence-electron chi connectivity index (χ1n) is 11.8. The largest absolute Gasteiger partial charge is 0.481 e. The molecule has 0 aliphatic carbocycles. The summed E-state index contributed by atoms with van der Waals surface area (Å²) in [4.78, 5) is 15.3. The summed E-state index contributed by atoms with van der Waals surface area (Å²) in [5.41, 5.74) is 4.35. The smallest absolute Gasteiger partial charge is 0.263 e. The minimum absolute atomic E-state index is 0.0111. The molecule has 1 aliphatic rings. The number of ether oxygens (including phenoxy) is 1. The Morgan fingerprint density at radius 2 is 1.70 bits per heavy atom. The van der Waals surface area contributed by atoms with Gasteiger partial charge < -0.3 is 9.64 Å². The van der Waals surface area contributed by atoms with Gasteiger partial charge in [-0.15, -0.1) is 0 Å². The van der Waals surface area contributed by atoms with E-state index < -0.39 is 15.9 Å². The summed E-state index contributed by atoms with van der Waals surface area (Å²) >= 11 is 0. The summed E-state index contributed by atoms with van der Waals surface area (Å²) in [6.07, 6.45) is -0.255. The molecule has 5 nitrogen and oxygen atoms in total. The number of hydrogen-bond donors (Lipinski definition) is 0. The van der Waals surface area contributed by atoms with Crippen molar-refractivity contribution in [3.8, 4) is 5.75 Å². The summed E-state index contributed by atoms with van der Waals surface area (Å²) in [6, 6.07) is 13.9. The normalized spacial score (nSPS) is 18.5. The lowest BCUT2D eigenvalue weighted by Crippen LogP contribution is -2.46. The van der Waals surface area contributed by atoms with Crippen LogP contribution in [0.25, 0.3) is 0 Å². The van der Waals surface area contributed by atoms with E-state index in [0.717, 1.165) is 16.7 Å². The van der Waals surface area contributed by atoms with Crippen LogP contribution in [0.1, 0.15) is 75.1 Å². The zero-order valence-corrected chi connectivity index (χ0v) is 21.5. The molecule has 1 aliphatic heterocycles. The van der Waals surface area contributed by atoms with E-state index in [1.807, 2.05) is 37.3 Å². The van der Waals surface area contributed by atoms with Crippen molar-refractivity contribution in [2.24, 2.45) is 0 Å². The minimum Gasteiger partial charge on any atom is -0.481 e. The molecule has 1 heterocycles. The van der Waals surface area contributed by atoms with Gasteiger partial charge in [0.1, 0.15) is 5.75 Å². The summed E-state index contributed by atoms with van der Waals surface area (Å²) in [5, 5.41) is 0. The Hall–Kier alpha value is -2.34. The Morgan fingerprint density at radius 3 is 2.24 bits per heavy atom. The molecule has 0 bridgehead atoms. The standard InChI is InChI=1S/C27H37NO4S/c1-18(2)23-10-8-22(9-11-23)16-28(24-13-14-33(30,31)17-24)27(29)21(6)32-26-15-20(5)7-12-25(26)19(3)4/h7-12,15,18-19,21,24H,13-14,16-17H2,1-6H3/t21-,24+/m1/s1. The molecule has 0 N–H and O–H groups in total. The highest BCUT2D eigenvalue weighted by atomic mass is 32.2. The Kier molecular flexibility index (Phi) is 7.88. The molecule has 6 heteroatoms. The van der Waals surface area contributed by atoms with Gasteiger partial charge in [0, 0.05) is 12.6 Å². The molecule has 180 valence electrons. The second kappa shape index (κ2) is 10.3. The van der Waals surface area contributed by atoms with E-state index >= 15 is 0 Å². The molecule has 3 rings (SSSR count). The number of benzene rings is 2. The highest BCUT2D eigenvalue weighted by Crippen LogP contribution is 2.29. The predicted octanol–water partition coefficient (Wildman–Crippen LogP) is 5.23. The van der Waals surface area contributed by atoms with Crippen molar-refractivity contribution in [3.05, 3.63) is 64.7 Å². The van der Waals surface area contributed by atoms with E-state index in [2.05, 4.69) is 39.8 Å². The molecule has 0 radical (unpaired) electrons. The number of sulfone groups is 1. The molecule has 2 atom stereocenters. The Bertz CT molecular complexity index is 1070. The van der Waals surface area contributed by atoms with Crippen molar-refractivity contribution >= 4 is 15.7 Å². The second-order valence-electron chi connectivity index (χ2n) is 9.88. The van der Waals surface area contributed by atoms with Gasteiger partial charge in [0.05, 0.1) is 11.5 Å². The van der Waals surface area contributed by atoms with Crippen molar-refractivity contribution in [1.29, 1.82) is 0 Å². The zero-order valence-electron chi connectivity index (χ0n) is 20.7. The molecule has 0 unspecified atom stereocenters. The quantitative estimate of drug-likeness (QED) is 0.529. The third-order valence-corrected chi connectivity index (χ3v) is 8.12. The molecule has 2 aromatic carbocycles. The fourth-order valence-corrected chi connectivity index (χ4v) is 6.04. The lowest BCUT2D eigenvalue weighted by Gasteiger charge is -2.31. The molecule has 33 heavy (non-hydrogen) atoms. The van der Waals surface area contributed by atoms with Crippen LogP contribution in [0.15, 0.2) is 42.5 Å². The van der Waals surface area contributed by atoms with E-state index in [1.165, 1.54) is 5.56 Å². The number of carbonyl (C=O) groups excluding carboxylic acids is 1. The van der Waals surface area contributed by atoms with E-state index in [0.29, 0.717) is 24.6 Å². The molecule has 0 aromatic heterocycles. The topological polar surface area (TPSA) is 63.7 Å². The maximum atomic E-state index is 13.6. The van der Waals surface area contributed by atoms with Gasteiger partial charge in [0.15, 0.2) is 15.9 Å². The second-order valence-corrected chi connectivity index (χ2v) is 12.1. The van der Waals surface area contributed by atoms with Gasteiger partial charge in [-0.2, -0.15) is 0 Å². The van der Waals surface area contributed by atoms with Gasteiger partial charge in [-0.05, 0) is 60.4 Å².